The van der Waals surface area contributed by atoms with Crippen LogP contribution < -0.4 is 5.32 Å². The molecule has 0 aromatic heterocycles. The molecular formula is C12H16Cl3NO2. The number of rotatable bonds is 3. The Hall–Kier alpha value is -0.0300. The Kier molecular flexibility index (Phi) is 6.18. The van der Waals surface area contributed by atoms with Crippen molar-refractivity contribution in [3.8, 4) is 0 Å². The van der Waals surface area contributed by atoms with E-state index >= 15 is 0 Å². The summed E-state index contributed by atoms with van der Waals surface area (Å²) in [6.45, 7) is 2.20. The molecule has 0 unspecified atom stereocenters. The van der Waals surface area contributed by atoms with Gasteiger partial charge in [-0.2, -0.15) is 0 Å². The molecule has 1 aliphatic rings. The van der Waals surface area contributed by atoms with Crippen molar-refractivity contribution in [2.24, 2.45) is 0 Å². The van der Waals surface area contributed by atoms with Gasteiger partial charge >= 0.3 is 0 Å². The van der Waals surface area contributed by atoms with E-state index in [0.29, 0.717) is 29.6 Å². The van der Waals surface area contributed by atoms with Crippen LogP contribution >= 0.6 is 35.6 Å². The van der Waals surface area contributed by atoms with Gasteiger partial charge in [-0.25, -0.2) is 0 Å². The lowest BCUT2D eigenvalue weighted by atomic mass is 9.89. The highest BCUT2D eigenvalue weighted by Crippen LogP contribution is 2.34. The first kappa shape index (κ1) is 16.0. The maximum atomic E-state index is 9.20. The molecule has 0 spiro atoms. The summed E-state index contributed by atoms with van der Waals surface area (Å²) in [7, 11) is 0. The molecule has 1 aliphatic heterocycles. The second kappa shape index (κ2) is 6.94. The van der Waals surface area contributed by atoms with E-state index in [0.717, 1.165) is 12.1 Å². The van der Waals surface area contributed by atoms with Crippen LogP contribution in [0.5, 0.6) is 0 Å². The zero-order valence-corrected chi connectivity index (χ0v) is 12.1. The number of halogens is 3. The highest BCUT2D eigenvalue weighted by Gasteiger charge is 2.35. The molecule has 0 saturated carbocycles. The number of aliphatic hydroxyl groups excluding tert-OH is 1. The molecule has 1 aromatic rings. The molecule has 2 N–H and O–H groups in total. The maximum Gasteiger partial charge on any atom is 0.108 e. The van der Waals surface area contributed by atoms with Crippen LogP contribution in [0.3, 0.4) is 0 Å². The van der Waals surface area contributed by atoms with Crippen LogP contribution in [0.4, 0.5) is 0 Å². The van der Waals surface area contributed by atoms with Gasteiger partial charge in [0.1, 0.15) is 5.60 Å². The van der Waals surface area contributed by atoms with E-state index in [2.05, 4.69) is 5.32 Å². The minimum atomic E-state index is -0.499. The molecule has 0 radical (unpaired) electrons. The largest absolute Gasteiger partial charge is 0.396 e. The number of hydrogen-bond acceptors (Lipinski definition) is 3. The fourth-order valence-corrected chi connectivity index (χ4v) is 2.41. The monoisotopic (exact) mass is 311 g/mol. The number of benzene rings is 1. The third-order valence-corrected chi connectivity index (χ3v) is 3.77. The molecule has 102 valence electrons. The number of aliphatic hydroxyl groups is 1. The molecule has 1 fully saturated rings. The SMILES string of the molecule is Cl.OCC[C@@]1(c2ccc(Cl)c(Cl)c2)CNCCO1. The molecule has 6 heteroatoms. The third kappa shape index (κ3) is 3.29. The normalized spacial score (nSPS) is 23.5. The lowest BCUT2D eigenvalue weighted by molar-refractivity contribution is -0.0839. The van der Waals surface area contributed by atoms with Gasteiger partial charge in [0.25, 0.3) is 0 Å². The maximum absolute atomic E-state index is 9.20. The van der Waals surface area contributed by atoms with Gasteiger partial charge in [-0.1, -0.05) is 29.3 Å². The molecule has 2 rings (SSSR count). The predicted octanol–water partition coefficient (Wildman–Crippen LogP) is 2.61. The second-order valence-electron chi connectivity index (χ2n) is 4.12. The molecule has 1 atom stereocenters. The van der Waals surface area contributed by atoms with Crippen molar-refractivity contribution in [3.63, 3.8) is 0 Å². The Bertz CT molecular complexity index is 389. The minimum absolute atomic E-state index is 0. The highest BCUT2D eigenvalue weighted by molar-refractivity contribution is 6.42. The van der Waals surface area contributed by atoms with Crippen LogP contribution in [-0.2, 0) is 10.3 Å². The lowest BCUT2D eigenvalue weighted by Crippen LogP contribution is -2.48. The van der Waals surface area contributed by atoms with Crippen molar-refractivity contribution in [1.82, 2.24) is 5.32 Å². The Morgan fingerprint density at radius 3 is 2.67 bits per heavy atom. The molecule has 1 aromatic carbocycles. The van der Waals surface area contributed by atoms with Crippen LogP contribution in [0.15, 0.2) is 18.2 Å². The van der Waals surface area contributed by atoms with Crippen LogP contribution in [0.1, 0.15) is 12.0 Å². The van der Waals surface area contributed by atoms with Gasteiger partial charge < -0.3 is 15.2 Å². The number of morpholine rings is 1. The summed E-state index contributed by atoms with van der Waals surface area (Å²) in [6, 6.07) is 5.47. The summed E-state index contributed by atoms with van der Waals surface area (Å²) >= 11 is 11.9. The quantitative estimate of drug-likeness (QED) is 0.901. The summed E-state index contributed by atoms with van der Waals surface area (Å²) in [4.78, 5) is 0. The smallest absolute Gasteiger partial charge is 0.108 e. The van der Waals surface area contributed by atoms with E-state index in [4.69, 9.17) is 27.9 Å². The zero-order chi connectivity index (χ0) is 12.3. The van der Waals surface area contributed by atoms with Crippen molar-refractivity contribution in [2.75, 3.05) is 26.3 Å². The average molecular weight is 313 g/mol. The van der Waals surface area contributed by atoms with Crippen molar-refractivity contribution >= 4 is 35.6 Å². The minimum Gasteiger partial charge on any atom is -0.396 e. The van der Waals surface area contributed by atoms with Gasteiger partial charge in [0.05, 0.1) is 16.7 Å². The lowest BCUT2D eigenvalue weighted by Gasteiger charge is -2.38. The first-order valence-corrected chi connectivity index (χ1v) is 6.35. The summed E-state index contributed by atoms with van der Waals surface area (Å²) in [6.07, 6.45) is 0.540. The molecule has 3 nitrogen and oxygen atoms in total. The Balaban J connectivity index is 0.00000162. The standard InChI is InChI=1S/C12H15Cl2NO2.ClH/c13-10-2-1-9(7-11(10)14)12(3-5-16)8-15-4-6-17-12;/h1-2,7,15-16H,3-6,8H2;1H/t12-;/m0./s1. The first-order chi connectivity index (χ1) is 8.18. The van der Waals surface area contributed by atoms with Gasteiger partial charge in [-0.05, 0) is 17.7 Å². The van der Waals surface area contributed by atoms with Crippen LogP contribution in [0.25, 0.3) is 0 Å². The first-order valence-electron chi connectivity index (χ1n) is 5.59. The van der Waals surface area contributed by atoms with E-state index in [1.165, 1.54) is 0 Å². The fraction of sp³-hybridized carbons (Fsp3) is 0.500. The van der Waals surface area contributed by atoms with Crippen molar-refractivity contribution in [2.45, 2.75) is 12.0 Å². The Morgan fingerprint density at radius 1 is 1.33 bits per heavy atom. The highest BCUT2D eigenvalue weighted by atomic mass is 35.5. The van der Waals surface area contributed by atoms with Crippen molar-refractivity contribution < 1.29 is 9.84 Å². The van der Waals surface area contributed by atoms with E-state index < -0.39 is 5.60 Å². The number of nitrogens with one attached hydrogen (secondary N) is 1. The van der Waals surface area contributed by atoms with Crippen molar-refractivity contribution in [1.29, 1.82) is 0 Å². The van der Waals surface area contributed by atoms with Crippen LogP contribution in [0.2, 0.25) is 10.0 Å². The third-order valence-electron chi connectivity index (χ3n) is 3.03. The molecule has 18 heavy (non-hydrogen) atoms. The molecule has 1 saturated heterocycles. The fourth-order valence-electron chi connectivity index (χ4n) is 2.11. The number of hydrogen-bond donors (Lipinski definition) is 2. The predicted molar refractivity (Wildman–Crippen MR) is 75.9 cm³/mol. The van der Waals surface area contributed by atoms with E-state index in [9.17, 15) is 5.11 Å². The zero-order valence-electron chi connectivity index (χ0n) is 9.79. The van der Waals surface area contributed by atoms with Gasteiger partial charge in [0, 0.05) is 26.1 Å². The topological polar surface area (TPSA) is 41.5 Å². The molecule has 0 aliphatic carbocycles. The van der Waals surface area contributed by atoms with Gasteiger partial charge in [0.2, 0.25) is 0 Å². The summed E-state index contributed by atoms with van der Waals surface area (Å²) in [5.41, 5.74) is 0.453. The van der Waals surface area contributed by atoms with E-state index in [1.54, 1.807) is 6.07 Å². The summed E-state index contributed by atoms with van der Waals surface area (Å²) < 4.78 is 5.86. The van der Waals surface area contributed by atoms with Crippen LogP contribution in [0, 0.1) is 0 Å². The molecule has 1 heterocycles. The number of ether oxygens (including phenoxy) is 1. The Labute approximate surface area is 123 Å². The molecular weight excluding hydrogens is 296 g/mol. The summed E-state index contributed by atoms with van der Waals surface area (Å²) in [5.74, 6) is 0. The van der Waals surface area contributed by atoms with Gasteiger partial charge in [-0.3, -0.25) is 0 Å². The average Bonchev–Trinajstić information content (AvgIpc) is 2.34. The van der Waals surface area contributed by atoms with E-state index in [1.807, 2.05) is 12.1 Å². The van der Waals surface area contributed by atoms with Crippen molar-refractivity contribution in [3.05, 3.63) is 33.8 Å². The second-order valence-corrected chi connectivity index (χ2v) is 4.94. The molecule has 0 bridgehead atoms. The summed E-state index contributed by atoms with van der Waals surface area (Å²) in [5, 5.41) is 13.5. The van der Waals surface area contributed by atoms with Gasteiger partial charge in [-0.15, -0.1) is 12.4 Å². The molecule has 0 amide bonds. The Morgan fingerprint density at radius 2 is 2.11 bits per heavy atom. The van der Waals surface area contributed by atoms with Gasteiger partial charge in [0.15, 0.2) is 0 Å². The van der Waals surface area contributed by atoms with E-state index in [-0.39, 0.29) is 19.0 Å². The van der Waals surface area contributed by atoms with Crippen LogP contribution in [-0.4, -0.2) is 31.4 Å².